The summed E-state index contributed by atoms with van der Waals surface area (Å²) in [5.41, 5.74) is 2.06. The highest BCUT2D eigenvalue weighted by Crippen LogP contribution is 2.42. The number of hydrogen-bond donors (Lipinski definition) is 1. The van der Waals surface area contributed by atoms with Gasteiger partial charge in [0.05, 0.1) is 10.5 Å². The molecule has 0 saturated carbocycles. The van der Waals surface area contributed by atoms with Crippen LogP contribution in [0.1, 0.15) is 0 Å². The molecule has 0 spiro atoms. The first-order valence-electron chi connectivity index (χ1n) is 4.09. The van der Waals surface area contributed by atoms with Crippen LogP contribution in [-0.4, -0.2) is 9.91 Å². The number of nitro groups is 1. The highest BCUT2D eigenvalue weighted by atomic mass is 32.1. The van der Waals surface area contributed by atoms with Gasteiger partial charge in [-0.3, -0.25) is 10.1 Å². The highest BCUT2D eigenvalue weighted by Gasteiger charge is 2.24. The molecule has 3 rings (SSSR count). The predicted octanol–water partition coefficient (Wildman–Crippen LogP) is 3.38. The lowest BCUT2D eigenvalue weighted by atomic mass is 10.5. The highest BCUT2D eigenvalue weighted by molar-refractivity contribution is 7.73. The number of nitrogens with zero attached hydrogens (tertiary/aromatic N) is 1. The largest absolute Gasteiger partial charge is 0.344 e. The Bertz CT molecular complexity index is 542. The lowest BCUT2D eigenvalue weighted by molar-refractivity contribution is -0.383. The number of aromatic nitrogens is 1. The molecule has 0 saturated heterocycles. The summed E-state index contributed by atoms with van der Waals surface area (Å²) in [5.74, 6) is 0. The fourth-order valence-electron chi connectivity index (χ4n) is 1.13. The van der Waals surface area contributed by atoms with Crippen LogP contribution in [0.4, 0.5) is 5.69 Å². The number of fused-ring (bicyclic) bond motifs is 1. The monoisotopic (exact) mass is 238 g/mol. The summed E-state index contributed by atoms with van der Waals surface area (Å²) < 4.78 is 0.843. The topological polar surface area (TPSA) is 58.9 Å². The van der Waals surface area contributed by atoms with Gasteiger partial charge in [0, 0.05) is 17.6 Å². The van der Waals surface area contributed by atoms with Crippen LogP contribution in [0, 0.1) is 14.1 Å². The van der Waals surface area contributed by atoms with Crippen molar-refractivity contribution in [2.45, 2.75) is 0 Å². The zero-order valence-corrected chi connectivity index (χ0v) is 9.10. The number of nitrogens with one attached hydrogen (secondary N) is 1. The third kappa shape index (κ3) is 2.28. The summed E-state index contributed by atoms with van der Waals surface area (Å²) >= 11 is 6.25. The van der Waals surface area contributed by atoms with Crippen LogP contribution < -0.4 is 0 Å². The molecule has 0 atom stereocenters. The van der Waals surface area contributed by atoms with Gasteiger partial charge in [0.15, 0.2) is 3.95 Å². The fourth-order valence-corrected chi connectivity index (χ4v) is 1.76. The third-order valence-corrected chi connectivity index (χ3v) is 2.88. The quantitative estimate of drug-likeness (QED) is 0.401. The van der Waals surface area contributed by atoms with Crippen molar-refractivity contribution in [1.29, 1.82) is 0 Å². The minimum atomic E-state index is -0.359. The van der Waals surface area contributed by atoms with Crippen molar-refractivity contribution >= 4 is 29.2 Å². The summed E-state index contributed by atoms with van der Waals surface area (Å²) in [6.07, 6.45) is 1.83. The van der Waals surface area contributed by atoms with Gasteiger partial charge >= 0.3 is 0 Å². The van der Waals surface area contributed by atoms with E-state index in [1.807, 2.05) is 11.6 Å². The van der Waals surface area contributed by atoms with E-state index in [-0.39, 0.29) is 10.6 Å². The van der Waals surface area contributed by atoms with Crippen LogP contribution in [0.15, 0.2) is 29.8 Å². The Morgan fingerprint density at radius 3 is 2.47 bits per heavy atom. The molecule has 2 aliphatic carbocycles. The molecule has 0 aromatic carbocycles. The van der Waals surface area contributed by atoms with E-state index in [2.05, 4.69) is 4.98 Å². The van der Waals surface area contributed by atoms with Crippen molar-refractivity contribution in [3.05, 3.63) is 43.8 Å². The average Bonchev–Trinajstić information content (AvgIpc) is 2.64. The number of thiazole rings is 1. The number of H-pyrrole nitrogens is 1. The Balaban J connectivity index is 0.000000124. The second kappa shape index (κ2) is 3.92. The van der Waals surface area contributed by atoms with Crippen molar-refractivity contribution in [2.24, 2.45) is 0 Å². The number of rotatable bonds is 1. The molecule has 15 heavy (non-hydrogen) atoms. The Morgan fingerprint density at radius 1 is 1.47 bits per heavy atom. The van der Waals surface area contributed by atoms with Gasteiger partial charge in [-0.1, -0.05) is 0 Å². The van der Waals surface area contributed by atoms with Crippen molar-refractivity contribution in [3.63, 3.8) is 0 Å². The molecule has 0 bridgehead atoms. The van der Waals surface area contributed by atoms with Crippen LogP contribution in [-0.2, 0) is 0 Å². The zero-order valence-electron chi connectivity index (χ0n) is 7.47. The van der Waals surface area contributed by atoms with Gasteiger partial charge in [-0.25, -0.2) is 0 Å². The molecule has 4 nitrogen and oxygen atoms in total. The normalized spacial score (nSPS) is 10.1. The molecular formula is C9H6N2O2S2. The first-order chi connectivity index (χ1) is 7.18. The molecule has 1 aromatic heterocycles. The van der Waals surface area contributed by atoms with Crippen molar-refractivity contribution in [1.82, 2.24) is 4.98 Å². The van der Waals surface area contributed by atoms with E-state index in [1.165, 1.54) is 17.4 Å². The summed E-state index contributed by atoms with van der Waals surface area (Å²) in [5, 5.41) is 12.0. The predicted molar refractivity (Wildman–Crippen MR) is 61.6 cm³/mol. The van der Waals surface area contributed by atoms with Crippen molar-refractivity contribution in [2.75, 3.05) is 0 Å². The maximum atomic E-state index is 10.1. The summed E-state index contributed by atoms with van der Waals surface area (Å²) in [7, 11) is 0. The smallest absolute Gasteiger partial charge is 0.277 e. The molecule has 0 aliphatic heterocycles. The van der Waals surface area contributed by atoms with E-state index in [0.29, 0.717) is 0 Å². The molecule has 0 radical (unpaired) electrons. The van der Waals surface area contributed by atoms with Gasteiger partial charge in [0.1, 0.15) is 0 Å². The zero-order chi connectivity index (χ0) is 10.8. The van der Waals surface area contributed by atoms with Gasteiger partial charge in [0.25, 0.3) is 5.69 Å². The maximum Gasteiger partial charge on any atom is 0.277 e. The molecule has 6 heteroatoms. The Morgan fingerprint density at radius 2 is 2.27 bits per heavy atom. The second-order valence-electron chi connectivity index (χ2n) is 2.84. The second-order valence-corrected chi connectivity index (χ2v) is 4.42. The van der Waals surface area contributed by atoms with Crippen LogP contribution in [0.25, 0.3) is 11.1 Å². The number of aromatic amines is 1. The average molecular weight is 238 g/mol. The number of benzene rings is 1. The summed E-state index contributed by atoms with van der Waals surface area (Å²) in [4.78, 5) is 12.6. The van der Waals surface area contributed by atoms with Crippen molar-refractivity contribution < 1.29 is 4.92 Å². The van der Waals surface area contributed by atoms with E-state index in [9.17, 15) is 10.1 Å². The van der Waals surface area contributed by atoms with E-state index in [0.717, 1.165) is 15.1 Å². The minimum absolute atomic E-state index is 0.241. The van der Waals surface area contributed by atoms with Crippen LogP contribution in [0.2, 0.25) is 0 Å². The number of nitro benzene ring substituents is 1. The Labute approximate surface area is 94.4 Å². The lowest BCUT2D eigenvalue weighted by Crippen LogP contribution is -1.82. The first kappa shape index (κ1) is 10.0. The molecule has 0 fully saturated rings. The summed E-state index contributed by atoms with van der Waals surface area (Å²) in [6, 6.07) is 5.09. The van der Waals surface area contributed by atoms with E-state index >= 15 is 0 Å². The molecule has 1 aromatic rings. The molecule has 0 amide bonds. The van der Waals surface area contributed by atoms with Gasteiger partial charge in [-0.05, 0) is 29.9 Å². The molecule has 76 valence electrons. The van der Waals surface area contributed by atoms with Gasteiger partial charge in [-0.15, -0.1) is 11.3 Å². The third-order valence-electron chi connectivity index (χ3n) is 1.87. The molecular weight excluding hydrogens is 232 g/mol. The fraction of sp³-hybridized carbons (Fsp3) is 0. The Hall–Kier alpha value is -1.53. The standard InChI is InChI=1S/C6H3NO2.C3H3NS2/c8-7(9)6-2-1-4-3-5(4)6;5-3-4-1-2-6-3/h1-3H;1-2H,(H,4,5). The van der Waals surface area contributed by atoms with E-state index in [1.54, 1.807) is 12.1 Å². The SMILES string of the molecule is O=[N+]([O-])c1ccc2cc1-2.S=c1[nH]ccs1. The molecule has 2 aliphatic rings. The maximum absolute atomic E-state index is 10.1. The minimum Gasteiger partial charge on any atom is -0.344 e. The summed E-state index contributed by atoms with van der Waals surface area (Å²) in [6.45, 7) is 0. The van der Waals surface area contributed by atoms with Crippen molar-refractivity contribution in [3.8, 4) is 11.1 Å². The van der Waals surface area contributed by atoms with E-state index in [4.69, 9.17) is 12.2 Å². The first-order valence-corrected chi connectivity index (χ1v) is 5.38. The molecule has 1 heterocycles. The Kier molecular flexibility index (Phi) is 2.61. The molecule has 1 N–H and O–H groups in total. The van der Waals surface area contributed by atoms with Gasteiger partial charge < -0.3 is 4.98 Å². The van der Waals surface area contributed by atoms with Crippen LogP contribution >= 0.6 is 23.6 Å². The molecule has 0 unspecified atom stereocenters. The van der Waals surface area contributed by atoms with Crippen LogP contribution in [0.5, 0.6) is 0 Å². The van der Waals surface area contributed by atoms with Crippen LogP contribution in [0.3, 0.4) is 0 Å². The van der Waals surface area contributed by atoms with Gasteiger partial charge in [-0.2, -0.15) is 0 Å². The number of hydrogen-bond acceptors (Lipinski definition) is 4. The van der Waals surface area contributed by atoms with Gasteiger partial charge in [0.2, 0.25) is 0 Å². The van der Waals surface area contributed by atoms with E-state index < -0.39 is 0 Å². The lowest BCUT2D eigenvalue weighted by Gasteiger charge is -1.79.